The molecule has 2 aromatic rings. The Hall–Kier alpha value is -2.12. The fourth-order valence-electron chi connectivity index (χ4n) is 1.58. The molecule has 2 aromatic carbocycles. The van der Waals surface area contributed by atoms with Gasteiger partial charge in [-0.2, -0.15) is 0 Å². The number of carboxylic acid groups (broad SMARTS) is 1. The molecule has 0 saturated carbocycles. The Bertz CT molecular complexity index is 790. The highest BCUT2D eigenvalue weighted by molar-refractivity contribution is 7.92. The maximum absolute atomic E-state index is 13.6. The van der Waals surface area contributed by atoms with E-state index in [9.17, 15) is 17.6 Å². The lowest BCUT2D eigenvalue weighted by molar-refractivity contribution is 0.0697. The summed E-state index contributed by atoms with van der Waals surface area (Å²) in [6.45, 7) is 0. The highest BCUT2D eigenvalue weighted by Gasteiger charge is 2.19. The average molecular weight is 330 g/mol. The molecule has 0 bridgehead atoms. The number of halogens is 2. The molecule has 0 aliphatic rings. The van der Waals surface area contributed by atoms with E-state index in [1.165, 1.54) is 30.3 Å². The summed E-state index contributed by atoms with van der Waals surface area (Å²) in [7, 11) is -4.12. The largest absolute Gasteiger partial charge is 0.478 e. The van der Waals surface area contributed by atoms with Crippen LogP contribution in [0.3, 0.4) is 0 Å². The summed E-state index contributed by atoms with van der Waals surface area (Å²) in [6, 6.07) is 8.21. The van der Waals surface area contributed by atoms with E-state index in [1.807, 2.05) is 0 Å². The van der Waals surface area contributed by atoms with E-state index in [0.29, 0.717) is 0 Å². The zero-order valence-electron chi connectivity index (χ0n) is 10.4. The van der Waals surface area contributed by atoms with Gasteiger partial charge in [-0.25, -0.2) is 17.6 Å². The first-order chi connectivity index (χ1) is 9.79. The maximum atomic E-state index is 13.6. The van der Waals surface area contributed by atoms with E-state index < -0.39 is 26.7 Å². The predicted molar refractivity (Wildman–Crippen MR) is 75.6 cm³/mol. The van der Waals surface area contributed by atoms with Crippen LogP contribution in [-0.4, -0.2) is 19.5 Å². The van der Waals surface area contributed by atoms with Crippen LogP contribution in [-0.2, 0) is 10.0 Å². The zero-order chi connectivity index (χ0) is 15.6. The van der Waals surface area contributed by atoms with Crippen LogP contribution in [0.4, 0.5) is 10.1 Å². The maximum Gasteiger partial charge on any atom is 0.335 e. The van der Waals surface area contributed by atoms with E-state index in [1.54, 1.807) is 0 Å². The Labute approximate surface area is 125 Å². The van der Waals surface area contributed by atoms with Gasteiger partial charge in [0, 0.05) is 10.7 Å². The molecule has 0 amide bonds. The second kappa shape index (κ2) is 5.71. The molecule has 0 spiro atoms. The van der Waals surface area contributed by atoms with Gasteiger partial charge in [0.2, 0.25) is 0 Å². The lowest BCUT2D eigenvalue weighted by Crippen LogP contribution is -2.14. The minimum absolute atomic E-state index is 0.00983. The number of hydrogen-bond donors (Lipinski definition) is 2. The van der Waals surface area contributed by atoms with Crippen LogP contribution >= 0.6 is 11.6 Å². The van der Waals surface area contributed by atoms with Gasteiger partial charge in [-0.1, -0.05) is 11.6 Å². The summed E-state index contributed by atoms with van der Waals surface area (Å²) >= 11 is 5.56. The van der Waals surface area contributed by atoms with Crippen LogP contribution in [0, 0.1) is 5.82 Å². The minimum Gasteiger partial charge on any atom is -0.478 e. The molecule has 0 aliphatic heterocycles. The first-order valence-electron chi connectivity index (χ1n) is 5.61. The molecule has 21 heavy (non-hydrogen) atoms. The van der Waals surface area contributed by atoms with E-state index in [4.69, 9.17) is 16.7 Å². The summed E-state index contributed by atoms with van der Waals surface area (Å²) in [4.78, 5) is 10.1. The van der Waals surface area contributed by atoms with Crippen LogP contribution < -0.4 is 4.72 Å². The number of carboxylic acids is 1. The highest BCUT2D eigenvalue weighted by Crippen LogP contribution is 2.22. The van der Waals surface area contributed by atoms with Crippen molar-refractivity contribution < 1.29 is 22.7 Å². The Morgan fingerprint density at radius 3 is 2.29 bits per heavy atom. The van der Waals surface area contributed by atoms with Crippen molar-refractivity contribution in [2.45, 2.75) is 4.90 Å². The summed E-state index contributed by atoms with van der Waals surface area (Å²) in [5.41, 5.74) is 0.130. The topological polar surface area (TPSA) is 83.5 Å². The van der Waals surface area contributed by atoms with Gasteiger partial charge in [-0.05, 0) is 42.5 Å². The summed E-state index contributed by atoms with van der Waals surface area (Å²) in [6.07, 6.45) is 0. The molecule has 5 nitrogen and oxygen atoms in total. The minimum atomic E-state index is -4.12. The first-order valence-corrected chi connectivity index (χ1v) is 7.47. The first kappa shape index (κ1) is 15.3. The van der Waals surface area contributed by atoms with Gasteiger partial charge in [0.25, 0.3) is 10.0 Å². The zero-order valence-corrected chi connectivity index (χ0v) is 12.0. The Balaban J connectivity index is 2.30. The van der Waals surface area contributed by atoms with Gasteiger partial charge in [0.15, 0.2) is 0 Å². The monoisotopic (exact) mass is 329 g/mol. The van der Waals surface area contributed by atoms with Crippen molar-refractivity contribution in [1.82, 2.24) is 0 Å². The lowest BCUT2D eigenvalue weighted by Gasteiger charge is -2.09. The molecule has 0 aliphatic carbocycles. The summed E-state index contributed by atoms with van der Waals surface area (Å²) in [5.74, 6) is -2.11. The van der Waals surface area contributed by atoms with Gasteiger partial charge in [0.05, 0.1) is 5.56 Å². The van der Waals surface area contributed by atoms with Crippen molar-refractivity contribution in [2.24, 2.45) is 0 Å². The normalized spacial score (nSPS) is 11.1. The van der Waals surface area contributed by atoms with Crippen molar-refractivity contribution in [2.75, 3.05) is 4.72 Å². The van der Waals surface area contributed by atoms with Crippen molar-refractivity contribution in [3.05, 3.63) is 58.9 Å². The fraction of sp³-hybridized carbons (Fsp3) is 0. The van der Waals surface area contributed by atoms with Gasteiger partial charge < -0.3 is 5.11 Å². The molecule has 110 valence electrons. The molecule has 2 rings (SSSR count). The Morgan fingerprint density at radius 1 is 1.14 bits per heavy atom. The Kier molecular flexibility index (Phi) is 4.15. The fourth-order valence-corrected chi connectivity index (χ4v) is 2.86. The third kappa shape index (κ3) is 3.50. The van der Waals surface area contributed by atoms with Gasteiger partial charge in [0.1, 0.15) is 10.7 Å². The second-order valence-corrected chi connectivity index (χ2v) is 6.15. The quantitative estimate of drug-likeness (QED) is 0.903. The molecule has 0 heterocycles. The van der Waals surface area contributed by atoms with E-state index in [-0.39, 0.29) is 16.3 Å². The lowest BCUT2D eigenvalue weighted by atomic mass is 10.2. The molecule has 0 unspecified atom stereocenters. The van der Waals surface area contributed by atoms with Crippen LogP contribution in [0.2, 0.25) is 5.02 Å². The van der Waals surface area contributed by atoms with Crippen molar-refractivity contribution in [1.29, 1.82) is 0 Å². The standard InChI is InChI=1S/C13H9ClFNO4S/c14-9-3-6-12(11(15)7-9)21(19,20)16-10-4-1-8(2-5-10)13(17)18/h1-7,16H,(H,17,18). The van der Waals surface area contributed by atoms with Crippen LogP contribution in [0.1, 0.15) is 10.4 Å². The molecular weight excluding hydrogens is 321 g/mol. The van der Waals surface area contributed by atoms with Crippen molar-refractivity contribution >= 4 is 33.3 Å². The average Bonchev–Trinajstić information content (AvgIpc) is 2.38. The number of nitrogens with one attached hydrogen (secondary N) is 1. The van der Waals surface area contributed by atoms with Gasteiger partial charge in [-0.15, -0.1) is 0 Å². The van der Waals surface area contributed by atoms with Crippen LogP contribution in [0.25, 0.3) is 0 Å². The molecule has 2 N–H and O–H groups in total. The molecule has 0 aromatic heterocycles. The van der Waals surface area contributed by atoms with E-state index in [0.717, 1.165) is 12.1 Å². The van der Waals surface area contributed by atoms with E-state index >= 15 is 0 Å². The summed E-state index contributed by atoms with van der Waals surface area (Å²) in [5, 5.41) is 8.83. The van der Waals surface area contributed by atoms with Crippen molar-refractivity contribution in [3.63, 3.8) is 0 Å². The predicted octanol–water partition coefficient (Wildman–Crippen LogP) is 2.98. The Morgan fingerprint density at radius 2 is 1.76 bits per heavy atom. The number of sulfonamides is 1. The number of rotatable bonds is 4. The van der Waals surface area contributed by atoms with Gasteiger partial charge in [-0.3, -0.25) is 4.72 Å². The molecule has 0 radical (unpaired) electrons. The van der Waals surface area contributed by atoms with Crippen LogP contribution in [0.5, 0.6) is 0 Å². The number of hydrogen-bond acceptors (Lipinski definition) is 3. The van der Waals surface area contributed by atoms with Crippen molar-refractivity contribution in [3.8, 4) is 0 Å². The molecular formula is C13H9ClFNO4S. The SMILES string of the molecule is O=C(O)c1ccc(NS(=O)(=O)c2ccc(Cl)cc2F)cc1. The molecule has 0 atom stereocenters. The summed E-state index contributed by atoms with van der Waals surface area (Å²) < 4.78 is 39.9. The van der Waals surface area contributed by atoms with Crippen LogP contribution in [0.15, 0.2) is 47.4 Å². The third-order valence-electron chi connectivity index (χ3n) is 2.57. The van der Waals surface area contributed by atoms with E-state index in [2.05, 4.69) is 4.72 Å². The van der Waals surface area contributed by atoms with Gasteiger partial charge >= 0.3 is 5.97 Å². The number of anilines is 1. The number of carbonyl (C=O) groups is 1. The smallest absolute Gasteiger partial charge is 0.335 e. The number of benzene rings is 2. The molecule has 0 fully saturated rings. The number of aromatic carboxylic acids is 1. The molecule has 8 heteroatoms. The third-order valence-corrected chi connectivity index (χ3v) is 4.22. The second-order valence-electron chi connectivity index (χ2n) is 4.06. The highest BCUT2D eigenvalue weighted by atomic mass is 35.5. The molecule has 0 saturated heterocycles.